The summed E-state index contributed by atoms with van der Waals surface area (Å²) < 4.78 is 18.6. The topological polar surface area (TPSA) is 102 Å². The van der Waals surface area contributed by atoms with Crippen molar-refractivity contribution in [3.8, 4) is 0 Å². The van der Waals surface area contributed by atoms with Gasteiger partial charge in [-0.1, -0.05) is 18.2 Å². The molecule has 24 heavy (non-hydrogen) atoms. The maximum Gasteiger partial charge on any atom is 0.340 e. The Balaban J connectivity index is 2.20. The van der Waals surface area contributed by atoms with Gasteiger partial charge in [0, 0.05) is 29.9 Å². The standard InChI is InChI=1S/C16H15FN2O5/c17-14-4-2-1-3-11(14)10-24-16(21)13-9-12(19(22)23)5-6-15(13)18-7-8-20/h1-6,9,18,20H,7-8,10H2. The SMILES string of the molecule is O=C(OCc1ccccc1F)c1cc([N+](=O)[O-])ccc1NCCO. The van der Waals surface area contributed by atoms with Crippen LogP contribution in [0.1, 0.15) is 15.9 Å². The summed E-state index contributed by atoms with van der Waals surface area (Å²) >= 11 is 0. The number of aliphatic hydroxyl groups is 1. The molecular formula is C16H15FN2O5. The van der Waals surface area contributed by atoms with Crippen molar-refractivity contribution in [1.29, 1.82) is 0 Å². The van der Waals surface area contributed by atoms with Crippen LogP contribution in [0.2, 0.25) is 0 Å². The van der Waals surface area contributed by atoms with E-state index in [1.165, 1.54) is 30.3 Å². The molecule has 7 nitrogen and oxygen atoms in total. The lowest BCUT2D eigenvalue weighted by atomic mass is 10.1. The zero-order valence-corrected chi connectivity index (χ0v) is 12.6. The quantitative estimate of drug-likeness (QED) is 0.458. The molecule has 2 aromatic carbocycles. The lowest BCUT2D eigenvalue weighted by molar-refractivity contribution is -0.384. The Morgan fingerprint density at radius 1 is 1.29 bits per heavy atom. The Hall–Kier alpha value is -3.00. The largest absolute Gasteiger partial charge is 0.457 e. The van der Waals surface area contributed by atoms with Crippen molar-refractivity contribution >= 4 is 17.3 Å². The van der Waals surface area contributed by atoms with E-state index < -0.39 is 16.7 Å². The molecule has 8 heteroatoms. The number of aliphatic hydroxyl groups excluding tert-OH is 1. The van der Waals surface area contributed by atoms with Crippen LogP contribution < -0.4 is 5.32 Å². The number of halogens is 1. The summed E-state index contributed by atoms with van der Waals surface area (Å²) in [4.78, 5) is 22.5. The van der Waals surface area contributed by atoms with Crippen molar-refractivity contribution in [1.82, 2.24) is 0 Å². The van der Waals surface area contributed by atoms with Crippen LogP contribution >= 0.6 is 0 Å². The first kappa shape index (κ1) is 17.4. The van der Waals surface area contributed by atoms with Gasteiger partial charge in [-0.25, -0.2) is 9.18 Å². The van der Waals surface area contributed by atoms with Gasteiger partial charge in [0.25, 0.3) is 5.69 Å². The molecule has 0 bridgehead atoms. The number of nitrogens with zero attached hydrogens (tertiary/aromatic N) is 1. The molecule has 0 aliphatic carbocycles. The van der Waals surface area contributed by atoms with E-state index in [0.717, 1.165) is 6.07 Å². The zero-order valence-electron chi connectivity index (χ0n) is 12.6. The van der Waals surface area contributed by atoms with Crippen LogP contribution in [-0.4, -0.2) is 29.2 Å². The number of esters is 1. The van der Waals surface area contributed by atoms with Crippen molar-refractivity contribution in [3.63, 3.8) is 0 Å². The van der Waals surface area contributed by atoms with Gasteiger partial charge in [-0.2, -0.15) is 0 Å². The maximum atomic E-state index is 13.5. The number of hydrogen-bond acceptors (Lipinski definition) is 6. The fourth-order valence-electron chi connectivity index (χ4n) is 2.00. The average molecular weight is 334 g/mol. The van der Waals surface area contributed by atoms with E-state index in [0.29, 0.717) is 0 Å². The van der Waals surface area contributed by atoms with E-state index in [-0.39, 0.29) is 42.3 Å². The molecule has 2 N–H and O–H groups in total. The van der Waals surface area contributed by atoms with Gasteiger partial charge in [-0.15, -0.1) is 0 Å². The minimum atomic E-state index is -0.831. The van der Waals surface area contributed by atoms with E-state index in [2.05, 4.69) is 5.32 Å². The van der Waals surface area contributed by atoms with Crippen LogP contribution in [-0.2, 0) is 11.3 Å². The van der Waals surface area contributed by atoms with Gasteiger partial charge >= 0.3 is 5.97 Å². The van der Waals surface area contributed by atoms with Gasteiger partial charge in [0.2, 0.25) is 0 Å². The number of hydrogen-bond donors (Lipinski definition) is 2. The lowest BCUT2D eigenvalue weighted by Gasteiger charge is -2.11. The minimum Gasteiger partial charge on any atom is -0.457 e. The molecule has 0 saturated heterocycles. The van der Waals surface area contributed by atoms with Crippen molar-refractivity contribution in [2.75, 3.05) is 18.5 Å². The highest BCUT2D eigenvalue weighted by Gasteiger charge is 2.18. The Morgan fingerprint density at radius 2 is 2.04 bits per heavy atom. The number of anilines is 1. The molecule has 2 aromatic rings. The molecule has 0 aromatic heterocycles. The highest BCUT2D eigenvalue weighted by molar-refractivity contribution is 5.96. The third-order valence-electron chi connectivity index (χ3n) is 3.18. The molecular weight excluding hydrogens is 319 g/mol. The second-order valence-electron chi connectivity index (χ2n) is 4.80. The van der Waals surface area contributed by atoms with Crippen molar-refractivity contribution in [2.45, 2.75) is 6.61 Å². The maximum absolute atomic E-state index is 13.5. The number of nitro groups is 1. The Labute approximate surface area is 136 Å². The number of carbonyl (C=O) groups excluding carboxylic acids is 1. The minimum absolute atomic E-state index is 0.0611. The summed E-state index contributed by atoms with van der Waals surface area (Å²) in [5.41, 5.74) is 0.144. The molecule has 2 rings (SSSR count). The molecule has 0 aliphatic heterocycles. The van der Waals surface area contributed by atoms with Gasteiger partial charge in [0.15, 0.2) is 0 Å². The number of benzene rings is 2. The summed E-state index contributed by atoms with van der Waals surface area (Å²) in [7, 11) is 0. The van der Waals surface area contributed by atoms with Gasteiger partial charge in [0.05, 0.1) is 17.1 Å². The molecule has 0 amide bonds. The first-order valence-electron chi connectivity index (χ1n) is 7.06. The predicted molar refractivity (Wildman–Crippen MR) is 84.2 cm³/mol. The first-order chi connectivity index (χ1) is 11.5. The van der Waals surface area contributed by atoms with E-state index in [1.807, 2.05) is 0 Å². The molecule has 126 valence electrons. The monoisotopic (exact) mass is 334 g/mol. The van der Waals surface area contributed by atoms with Crippen molar-refractivity contribution in [2.24, 2.45) is 0 Å². The number of non-ortho nitro benzene ring substituents is 1. The Kier molecular flexibility index (Phi) is 5.80. The third kappa shape index (κ3) is 4.26. The molecule has 0 spiro atoms. The Morgan fingerprint density at radius 3 is 2.71 bits per heavy atom. The summed E-state index contributed by atoms with van der Waals surface area (Å²) in [6.45, 7) is -0.320. The number of nitro benzene ring substituents is 1. The smallest absolute Gasteiger partial charge is 0.340 e. The van der Waals surface area contributed by atoms with Crippen LogP contribution in [0.4, 0.5) is 15.8 Å². The second-order valence-corrected chi connectivity index (χ2v) is 4.80. The van der Waals surface area contributed by atoms with E-state index in [9.17, 15) is 19.3 Å². The highest BCUT2D eigenvalue weighted by Crippen LogP contribution is 2.23. The van der Waals surface area contributed by atoms with Crippen molar-refractivity contribution < 1.29 is 24.0 Å². The van der Waals surface area contributed by atoms with Crippen LogP contribution in [0.3, 0.4) is 0 Å². The van der Waals surface area contributed by atoms with Crippen LogP contribution in [0.5, 0.6) is 0 Å². The fourth-order valence-corrected chi connectivity index (χ4v) is 2.00. The van der Waals surface area contributed by atoms with Crippen LogP contribution in [0.15, 0.2) is 42.5 Å². The highest BCUT2D eigenvalue weighted by atomic mass is 19.1. The second kappa shape index (κ2) is 8.02. The van der Waals surface area contributed by atoms with Gasteiger partial charge in [0.1, 0.15) is 12.4 Å². The number of rotatable bonds is 7. The zero-order chi connectivity index (χ0) is 17.5. The summed E-state index contributed by atoms with van der Waals surface area (Å²) in [5, 5.41) is 22.5. The van der Waals surface area contributed by atoms with E-state index in [4.69, 9.17) is 9.84 Å². The van der Waals surface area contributed by atoms with Gasteiger partial charge in [-0.05, 0) is 12.1 Å². The molecule has 0 atom stereocenters. The van der Waals surface area contributed by atoms with E-state index in [1.54, 1.807) is 6.07 Å². The third-order valence-corrected chi connectivity index (χ3v) is 3.18. The molecule has 0 saturated carbocycles. The average Bonchev–Trinajstić information content (AvgIpc) is 2.58. The summed E-state index contributed by atoms with van der Waals surface area (Å²) in [6.07, 6.45) is 0. The lowest BCUT2D eigenvalue weighted by Crippen LogP contribution is -2.13. The first-order valence-corrected chi connectivity index (χ1v) is 7.06. The number of ether oxygens (including phenoxy) is 1. The van der Waals surface area contributed by atoms with Gasteiger partial charge < -0.3 is 15.2 Å². The molecule has 0 heterocycles. The molecule has 0 fully saturated rings. The fraction of sp³-hybridized carbons (Fsp3) is 0.188. The van der Waals surface area contributed by atoms with E-state index >= 15 is 0 Å². The Bertz CT molecular complexity index is 751. The predicted octanol–water partition coefficient (Wildman–Crippen LogP) is 2.50. The number of carbonyl (C=O) groups is 1. The van der Waals surface area contributed by atoms with Crippen LogP contribution in [0, 0.1) is 15.9 Å². The van der Waals surface area contributed by atoms with Gasteiger partial charge in [-0.3, -0.25) is 10.1 Å². The normalized spacial score (nSPS) is 10.2. The molecule has 0 unspecified atom stereocenters. The molecule has 0 radical (unpaired) electrons. The summed E-state index contributed by atoms with van der Waals surface area (Å²) in [5.74, 6) is -1.34. The van der Waals surface area contributed by atoms with Crippen LogP contribution in [0.25, 0.3) is 0 Å². The number of nitrogens with one attached hydrogen (secondary N) is 1. The van der Waals surface area contributed by atoms with Crippen molar-refractivity contribution in [3.05, 3.63) is 69.5 Å². The summed E-state index contributed by atoms with van der Waals surface area (Å²) in [6, 6.07) is 9.49. The molecule has 0 aliphatic rings.